The van der Waals surface area contributed by atoms with E-state index < -0.39 is 0 Å². The first-order chi connectivity index (χ1) is 27.4. The van der Waals surface area contributed by atoms with Crippen LogP contribution in [-0.4, -0.2) is 26.8 Å². The molecule has 0 fully saturated rings. The normalized spacial score (nSPS) is 9.97. The lowest BCUT2D eigenvalue weighted by atomic mass is 10.1. The van der Waals surface area contributed by atoms with Gasteiger partial charge in [-0.05, 0) is 144 Å². The molecule has 59 heavy (non-hydrogen) atoms. The Balaban J connectivity index is 0.000000263. The van der Waals surface area contributed by atoms with E-state index in [4.69, 9.17) is 5.73 Å². The second-order valence-corrected chi connectivity index (χ2v) is 13.1. The summed E-state index contributed by atoms with van der Waals surface area (Å²) in [4.78, 5) is 37.3. The summed E-state index contributed by atoms with van der Waals surface area (Å²) in [6.07, 6.45) is 10.6. The van der Waals surface area contributed by atoms with Crippen molar-refractivity contribution in [1.82, 2.24) is 15.0 Å². The average molecular weight is 894 g/mol. The summed E-state index contributed by atoms with van der Waals surface area (Å²) in [6, 6.07) is 48.0. The van der Waals surface area contributed by atoms with Gasteiger partial charge in [-0.15, -0.1) is 24.0 Å². The van der Waals surface area contributed by atoms with Gasteiger partial charge in [-0.2, -0.15) is 0 Å². The van der Waals surface area contributed by atoms with E-state index in [1.165, 1.54) is 22.3 Å². The fraction of sp³-hybridized carbons (Fsp3) is 0.0816. The van der Waals surface area contributed by atoms with Gasteiger partial charge in [-0.1, -0.05) is 57.3 Å². The maximum Gasteiger partial charge on any atom is 0.255 e. The highest BCUT2D eigenvalue weighted by atomic mass is 127. The first kappa shape index (κ1) is 44.8. The van der Waals surface area contributed by atoms with Gasteiger partial charge in [0, 0.05) is 75.9 Å². The lowest BCUT2D eigenvalue weighted by molar-refractivity contribution is 0.101. The monoisotopic (exact) mass is 893 g/mol. The Bertz CT molecular complexity index is 2510. The number of fused-ring (bicyclic) bond motifs is 1. The number of carbonyl (C=O) groups excluding carboxylic acids is 2. The molecule has 8 aromatic rings. The molecule has 0 saturated heterocycles. The largest absolute Gasteiger partial charge is 0.399 e. The highest BCUT2D eigenvalue weighted by molar-refractivity contribution is 14.0. The van der Waals surface area contributed by atoms with E-state index >= 15 is 0 Å². The van der Waals surface area contributed by atoms with Gasteiger partial charge in [0.2, 0.25) is 0 Å². The predicted octanol–water partition coefficient (Wildman–Crippen LogP) is 11.6. The number of para-hydroxylation sites is 1. The number of anilines is 5. The third-order valence-electron chi connectivity index (χ3n) is 8.99. The van der Waals surface area contributed by atoms with Gasteiger partial charge >= 0.3 is 0 Å². The van der Waals surface area contributed by atoms with Gasteiger partial charge in [0.25, 0.3) is 11.8 Å². The molecule has 10 heteroatoms. The van der Waals surface area contributed by atoms with E-state index in [0.717, 1.165) is 46.5 Å². The minimum Gasteiger partial charge on any atom is -0.399 e. The van der Waals surface area contributed by atoms with Crippen molar-refractivity contribution in [2.24, 2.45) is 0 Å². The third kappa shape index (κ3) is 12.8. The van der Waals surface area contributed by atoms with Gasteiger partial charge in [-0.3, -0.25) is 24.5 Å². The first-order valence-corrected chi connectivity index (χ1v) is 18.1. The van der Waals surface area contributed by atoms with Crippen LogP contribution < -0.4 is 21.7 Å². The number of rotatable bonds is 10. The van der Waals surface area contributed by atoms with Crippen LogP contribution in [0.15, 0.2) is 183 Å². The molecule has 2 amide bonds. The lowest BCUT2D eigenvalue weighted by Crippen LogP contribution is -2.11. The predicted molar refractivity (Wildman–Crippen MR) is 254 cm³/mol. The van der Waals surface area contributed by atoms with E-state index in [1.807, 2.05) is 127 Å². The molecular formula is C49H48IN7O2. The minimum atomic E-state index is -0.146. The van der Waals surface area contributed by atoms with Gasteiger partial charge < -0.3 is 21.7 Å². The van der Waals surface area contributed by atoms with Gasteiger partial charge in [0.05, 0.1) is 5.52 Å². The van der Waals surface area contributed by atoms with E-state index in [9.17, 15) is 9.59 Å². The molecule has 0 aliphatic rings. The number of nitrogens with zero attached hydrogens (tertiary/aromatic N) is 3. The molecule has 0 radical (unpaired) electrons. The summed E-state index contributed by atoms with van der Waals surface area (Å²) < 4.78 is 0. The van der Waals surface area contributed by atoms with Crippen molar-refractivity contribution in [3.05, 3.63) is 216 Å². The zero-order valence-corrected chi connectivity index (χ0v) is 33.2. The molecule has 0 unspecified atom stereocenters. The zero-order valence-electron chi connectivity index (χ0n) is 30.9. The van der Waals surface area contributed by atoms with Crippen LogP contribution in [0.25, 0.3) is 10.9 Å². The summed E-state index contributed by atoms with van der Waals surface area (Å²) in [5.74, 6) is -0.287. The van der Waals surface area contributed by atoms with Crippen molar-refractivity contribution in [2.45, 2.75) is 27.7 Å². The van der Waals surface area contributed by atoms with Crippen molar-refractivity contribution in [1.29, 1.82) is 0 Å². The number of amides is 2. The van der Waals surface area contributed by atoms with Crippen LogP contribution >= 0.6 is 24.0 Å². The summed E-state index contributed by atoms with van der Waals surface area (Å²) in [7, 11) is 0. The summed E-state index contributed by atoms with van der Waals surface area (Å²) in [5, 5.41) is 10.3. The number of carbonyl (C=O) groups is 2. The summed E-state index contributed by atoms with van der Waals surface area (Å²) >= 11 is 0. The second kappa shape index (κ2) is 22.1. The Labute approximate surface area is 363 Å². The van der Waals surface area contributed by atoms with E-state index in [-0.39, 0.29) is 50.6 Å². The maximum absolute atomic E-state index is 12.7. The van der Waals surface area contributed by atoms with Crippen molar-refractivity contribution >= 4 is 75.1 Å². The van der Waals surface area contributed by atoms with Crippen molar-refractivity contribution in [2.75, 3.05) is 21.7 Å². The van der Waals surface area contributed by atoms with Crippen LogP contribution in [0, 0.1) is 0 Å². The minimum absolute atomic E-state index is 0. The van der Waals surface area contributed by atoms with Crippen LogP contribution in [-0.2, 0) is 12.8 Å². The van der Waals surface area contributed by atoms with Crippen LogP contribution in [0.2, 0.25) is 0 Å². The molecule has 3 aromatic heterocycles. The first-order valence-electron chi connectivity index (χ1n) is 18.1. The van der Waals surface area contributed by atoms with Gasteiger partial charge in [0.1, 0.15) is 0 Å². The Morgan fingerprint density at radius 2 is 0.898 bits per heavy atom. The van der Waals surface area contributed by atoms with Gasteiger partial charge in [-0.25, -0.2) is 0 Å². The Kier molecular flexibility index (Phi) is 16.8. The highest BCUT2D eigenvalue weighted by Crippen LogP contribution is 2.25. The molecule has 9 nitrogen and oxygen atoms in total. The Morgan fingerprint density at radius 1 is 0.475 bits per heavy atom. The molecule has 5 aromatic carbocycles. The standard InChI is InChI=1S/C28H22N4O.C19H17N3O.2CH4.HI/c33-28(32-24-9-5-20(6-10-24)19-21-13-16-29-17-14-21)22-7-11-23(12-8-22)31-27-15-18-30-26-4-2-1-3-25(26)27;20-17-5-3-16(4-6-17)19(23)22-18-7-1-14(2-8-18)13-15-9-11-21-12-10-15;;;/h1-18H,19H2,(H,30,31)(H,32,33);1-12H,13,20H2,(H,22,23);2*1H4;1H. The molecule has 0 bridgehead atoms. The molecule has 0 aliphatic heterocycles. The molecule has 3 heterocycles. The third-order valence-corrected chi connectivity index (χ3v) is 8.99. The number of nitrogens with two attached hydrogens (primary N) is 1. The Morgan fingerprint density at radius 3 is 1.39 bits per heavy atom. The molecule has 5 N–H and O–H groups in total. The number of nitrogens with one attached hydrogen (secondary N) is 3. The van der Waals surface area contributed by atoms with E-state index in [1.54, 1.807) is 55.2 Å². The van der Waals surface area contributed by atoms with Crippen molar-refractivity contribution in [3.63, 3.8) is 0 Å². The number of hydrogen-bond acceptors (Lipinski definition) is 7. The molecule has 0 atom stereocenters. The quantitative estimate of drug-likeness (QED) is 0.0793. The van der Waals surface area contributed by atoms with Crippen molar-refractivity contribution < 1.29 is 9.59 Å². The fourth-order valence-corrected chi connectivity index (χ4v) is 5.99. The molecule has 0 saturated carbocycles. The smallest absolute Gasteiger partial charge is 0.255 e. The van der Waals surface area contributed by atoms with Crippen LogP contribution in [0.4, 0.5) is 28.4 Å². The zero-order chi connectivity index (χ0) is 38.5. The number of hydrogen-bond donors (Lipinski definition) is 4. The number of nitrogen functional groups attached to an aromatic ring is 1. The molecule has 8 rings (SSSR count). The van der Waals surface area contributed by atoms with Crippen molar-refractivity contribution in [3.8, 4) is 0 Å². The van der Waals surface area contributed by atoms with Crippen LogP contribution in [0.1, 0.15) is 57.8 Å². The maximum atomic E-state index is 12.7. The number of aromatic nitrogens is 3. The second-order valence-electron chi connectivity index (χ2n) is 13.1. The number of pyridine rings is 3. The fourth-order valence-electron chi connectivity index (χ4n) is 5.99. The molecular weight excluding hydrogens is 845 g/mol. The number of benzene rings is 5. The summed E-state index contributed by atoms with van der Waals surface area (Å²) in [5.41, 5.74) is 16.6. The lowest BCUT2D eigenvalue weighted by Gasteiger charge is -2.11. The van der Waals surface area contributed by atoms with Crippen LogP contribution in [0.3, 0.4) is 0 Å². The summed E-state index contributed by atoms with van der Waals surface area (Å²) in [6.45, 7) is 0. The topological polar surface area (TPSA) is 135 Å². The molecule has 0 spiro atoms. The van der Waals surface area contributed by atoms with Crippen LogP contribution in [0.5, 0.6) is 0 Å². The molecule has 0 aliphatic carbocycles. The van der Waals surface area contributed by atoms with E-state index in [2.05, 4.69) is 30.9 Å². The number of halogens is 1. The molecule has 298 valence electrons. The highest BCUT2D eigenvalue weighted by Gasteiger charge is 2.09. The van der Waals surface area contributed by atoms with Gasteiger partial charge in [0.15, 0.2) is 0 Å². The average Bonchev–Trinajstić information content (AvgIpc) is 3.24. The SMILES string of the molecule is C.C.I.Nc1ccc(C(=O)Nc2ccc(Cc3ccncc3)cc2)cc1.O=C(Nc1ccc(Cc2ccncc2)cc1)c1ccc(Nc2ccnc3ccccc23)cc1. The van der Waals surface area contributed by atoms with E-state index in [0.29, 0.717) is 16.8 Å². The Hall–Kier alpha value is -6.92.